The van der Waals surface area contributed by atoms with Crippen LogP contribution in [0, 0.1) is 12.8 Å². The van der Waals surface area contributed by atoms with Crippen molar-refractivity contribution in [2.45, 2.75) is 53.8 Å². The lowest BCUT2D eigenvalue weighted by atomic mass is 10.2. The fraction of sp³-hybridized carbons (Fsp3) is 0.600. The summed E-state index contributed by atoms with van der Waals surface area (Å²) in [5, 5.41) is 12.3. The Morgan fingerprint density at radius 2 is 2.15 bits per heavy atom. The van der Waals surface area contributed by atoms with Gasteiger partial charge in [0, 0.05) is 43.2 Å². The van der Waals surface area contributed by atoms with E-state index in [-0.39, 0.29) is 0 Å². The maximum absolute atomic E-state index is 4.59. The van der Waals surface area contributed by atoms with Crippen molar-refractivity contribution in [3.8, 4) is 0 Å². The van der Waals surface area contributed by atoms with Crippen molar-refractivity contribution in [1.82, 2.24) is 19.6 Å². The summed E-state index contributed by atoms with van der Waals surface area (Å²) in [7, 11) is 0. The van der Waals surface area contributed by atoms with E-state index in [4.69, 9.17) is 0 Å². The molecular weight excluding hydrogens is 250 g/mol. The summed E-state index contributed by atoms with van der Waals surface area (Å²) in [4.78, 5) is 0. The Balaban J connectivity index is 1.93. The molecule has 5 nitrogen and oxygen atoms in total. The summed E-state index contributed by atoms with van der Waals surface area (Å²) in [6.07, 6.45) is 5.11. The second-order valence-electron chi connectivity index (χ2n) is 5.71. The molecule has 2 heterocycles. The molecule has 2 rings (SSSR count). The molecule has 1 N–H and O–H groups in total. The fourth-order valence-electron chi connectivity index (χ4n) is 2.17. The minimum Gasteiger partial charge on any atom is -0.364 e. The normalized spacial score (nSPS) is 11.2. The lowest BCUT2D eigenvalue weighted by Gasteiger charge is -2.06. The lowest BCUT2D eigenvalue weighted by molar-refractivity contribution is 0.475. The van der Waals surface area contributed by atoms with Crippen molar-refractivity contribution in [1.29, 1.82) is 0 Å². The van der Waals surface area contributed by atoms with Crippen molar-refractivity contribution in [3.05, 3.63) is 29.7 Å². The Kier molecular flexibility index (Phi) is 4.82. The SMILES string of the molecule is CCCn1cc(CNc2cc(C)n(CC(C)C)n2)cn1. The molecule has 0 saturated carbocycles. The first-order valence-corrected chi connectivity index (χ1v) is 7.38. The highest BCUT2D eigenvalue weighted by Gasteiger charge is 2.06. The van der Waals surface area contributed by atoms with Crippen LogP contribution in [0.25, 0.3) is 0 Å². The molecule has 0 aliphatic heterocycles. The molecule has 0 aliphatic rings. The van der Waals surface area contributed by atoms with Crippen molar-refractivity contribution in [3.63, 3.8) is 0 Å². The van der Waals surface area contributed by atoms with Crippen molar-refractivity contribution >= 4 is 5.82 Å². The van der Waals surface area contributed by atoms with Crippen molar-refractivity contribution in [2.75, 3.05) is 5.32 Å². The maximum Gasteiger partial charge on any atom is 0.148 e. The predicted octanol–water partition coefficient (Wildman–Crippen LogP) is 3.07. The molecule has 20 heavy (non-hydrogen) atoms. The number of nitrogens with one attached hydrogen (secondary N) is 1. The van der Waals surface area contributed by atoms with Crippen LogP contribution in [0.5, 0.6) is 0 Å². The highest BCUT2D eigenvalue weighted by molar-refractivity contribution is 5.36. The van der Waals surface area contributed by atoms with E-state index in [9.17, 15) is 0 Å². The van der Waals surface area contributed by atoms with Crippen LogP contribution in [-0.2, 0) is 19.6 Å². The van der Waals surface area contributed by atoms with E-state index in [0.29, 0.717) is 5.92 Å². The van der Waals surface area contributed by atoms with Crippen LogP contribution in [-0.4, -0.2) is 19.6 Å². The average Bonchev–Trinajstić information content (AvgIpc) is 2.95. The van der Waals surface area contributed by atoms with Gasteiger partial charge in [-0.05, 0) is 19.3 Å². The number of hydrogen-bond donors (Lipinski definition) is 1. The monoisotopic (exact) mass is 275 g/mol. The molecule has 2 aromatic heterocycles. The largest absolute Gasteiger partial charge is 0.364 e. The van der Waals surface area contributed by atoms with Gasteiger partial charge < -0.3 is 5.32 Å². The molecule has 0 fully saturated rings. The number of nitrogens with zero attached hydrogens (tertiary/aromatic N) is 4. The molecular formula is C15H25N5. The first kappa shape index (κ1) is 14.6. The van der Waals surface area contributed by atoms with Crippen LogP contribution in [0.2, 0.25) is 0 Å². The van der Waals surface area contributed by atoms with E-state index in [1.165, 1.54) is 11.3 Å². The van der Waals surface area contributed by atoms with Gasteiger partial charge in [-0.15, -0.1) is 0 Å². The second kappa shape index (κ2) is 6.59. The zero-order valence-electron chi connectivity index (χ0n) is 12.9. The smallest absolute Gasteiger partial charge is 0.148 e. The highest BCUT2D eigenvalue weighted by Crippen LogP contribution is 2.12. The standard InChI is InChI=1S/C15H25N5/c1-5-6-19-11-14(9-17-19)8-16-15-7-13(4)20(18-15)10-12(2)3/h7,9,11-12H,5-6,8,10H2,1-4H3,(H,16,18). The van der Waals surface area contributed by atoms with Gasteiger partial charge in [-0.3, -0.25) is 9.36 Å². The Morgan fingerprint density at radius 1 is 1.35 bits per heavy atom. The number of rotatable bonds is 7. The summed E-state index contributed by atoms with van der Waals surface area (Å²) in [6.45, 7) is 11.4. The van der Waals surface area contributed by atoms with Crippen LogP contribution in [0.1, 0.15) is 38.4 Å². The van der Waals surface area contributed by atoms with Gasteiger partial charge in [0.15, 0.2) is 0 Å². The average molecular weight is 275 g/mol. The van der Waals surface area contributed by atoms with E-state index in [1.807, 2.05) is 10.9 Å². The van der Waals surface area contributed by atoms with Gasteiger partial charge in [-0.1, -0.05) is 20.8 Å². The molecule has 110 valence electrons. The zero-order valence-corrected chi connectivity index (χ0v) is 12.9. The van der Waals surface area contributed by atoms with Crippen LogP contribution >= 0.6 is 0 Å². The summed E-state index contributed by atoms with van der Waals surface area (Å²) in [5.41, 5.74) is 2.39. The van der Waals surface area contributed by atoms with E-state index in [1.54, 1.807) is 0 Å². The number of aromatic nitrogens is 4. The molecule has 0 amide bonds. The summed E-state index contributed by atoms with van der Waals surface area (Å²) in [6, 6.07) is 2.10. The highest BCUT2D eigenvalue weighted by atomic mass is 15.3. The third-order valence-electron chi connectivity index (χ3n) is 3.13. The second-order valence-corrected chi connectivity index (χ2v) is 5.71. The van der Waals surface area contributed by atoms with E-state index >= 15 is 0 Å². The van der Waals surface area contributed by atoms with E-state index in [0.717, 1.165) is 31.9 Å². The molecule has 2 aromatic rings. The van der Waals surface area contributed by atoms with Gasteiger partial charge in [-0.2, -0.15) is 10.2 Å². The Bertz CT molecular complexity index is 538. The molecule has 0 spiro atoms. The van der Waals surface area contributed by atoms with Crippen LogP contribution in [0.3, 0.4) is 0 Å². The zero-order chi connectivity index (χ0) is 14.5. The molecule has 0 unspecified atom stereocenters. The Morgan fingerprint density at radius 3 is 2.85 bits per heavy atom. The quantitative estimate of drug-likeness (QED) is 0.844. The molecule has 0 aliphatic carbocycles. The third-order valence-corrected chi connectivity index (χ3v) is 3.13. The number of anilines is 1. The molecule has 0 bridgehead atoms. The van der Waals surface area contributed by atoms with Gasteiger partial charge >= 0.3 is 0 Å². The van der Waals surface area contributed by atoms with Gasteiger partial charge in [0.25, 0.3) is 0 Å². The molecule has 0 atom stereocenters. The van der Waals surface area contributed by atoms with Gasteiger partial charge in [0.1, 0.15) is 5.82 Å². The third kappa shape index (κ3) is 3.85. The fourth-order valence-corrected chi connectivity index (χ4v) is 2.17. The van der Waals surface area contributed by atoms with Crippen LogP contribution in [0.15, 0.2) is 18.5 Å². The lowest BCUT2D eigenvalue weighted by Crippen LogP contribution is -2.08. The van der Waals surface area contributed by atoms with Crippen molar-refractivity contribution < 1.29 is 0 Å². The minimum absolute atomic E-state index is 0.605. The predicted molar refractivity (Wildman–Crippen MR) is 81.6 cm³/mol. The summed E-state index contributed by atoms with van der Waals surface area (Å²) in [5.74, 6) is 1.54. The first-order chi connectivity index (χ1) is 9.58. The molecule has 0 aromatic carbocycles. The van der Waals surface area contributed by atoms with Crippen molar-refractivity contribution in [2.24, 2.45) is 5.92 Å². The van der Waals surface area contributed by atoms with Crippen LogP contribution in [0.4, 0.5) is 5.82 Å². The van der Waals surface area contributed by atoms with Gasteiger partial charge in [-0.25, -0.2) is 0 Å². The summed E-state index contributed by atoms with van der Waals surface area (Å²) < 4.78 is 4.05. The first-order valence-electron chi connectivity index (χ1n) is 7.38. The molecule has 0 saturated heterocycles. The molecule has 0 radical (unpaired) electrons. The summed E-state index contributed by atoms with van der Waals surface area (Å²) >= 11 is 0. The van der Waals surface area contributed by atoms with E-state index < -0.39 is 0 Å². The maximum atomic E-state index is 4.59. The van der Waals surface area contributed by atoms with Gasteiger partial charge in [0.05, 0.1) is 6.20 Å². The Hall–Kier alpha value is -1.78. The Labute approximate surface area is 121 Å². The van der Waals surface area contributed by atoms with E-state index in [2.05, 4.69) is 60.2 Å². The number of hydrogen-bond acceptors (Lipinski definition) is 3. The topological polar surface area (TPSA) is 47.7 Å². The minimum atomic E-state index is 0.605. The number of aryl methyl sites for hydroxylation is 2. The van der Waals surface area contributed by atoms with Crippen LogP contribution < -0.4 is 5.32 Å². The molecule has 5 heteroatoms. The van der Waals surface area contributed by atoms with Gasteiger partial charge in [0.2, 0.25) is 0 Å².